The van der Waals surface area contributed by atoms with Crippen molar-refractivity contribution in [3.63, 3.8) is 0 Å². The molecule has 5 nitrogen and oxygen atoms in total. The molecule has 0 aliphatic heterocycles. The number of benzene rings is 2. The van der Waals surface area contributed by atoms with Gasteiger partial charge in [0, 0.05) is 6.42 Å². The summed E-state index contributed by atoms with van der Waals surface area (Å²) in [5.74, 6) is 2.44. The zero-order valence-electron chi connectivity index (χ0n) is 19.8. The van der Waals surface area contributed by atoms with Crippen molar-refractivity contribution in [2.45, 2.75) is 38.5 Å². The van der Waals surface area contributed by atoms with Crippen LogP contribution in [0.15, 0.2) is 42.5 Å². The summed E-state index contributed by atoms with van der Waals surface area (Å²) >= 11 is 0. The van der Waals surface area contributed by atoms with Gasteiger partial charge in [-0.05, 0) is 54.2 Å². The molecule has 2 rings (SSSR count). The first-order valence-electron chi connectivity index (χ1n) is 11.0. The molecular formula is C26H37N2O3+. The zero-order chi connectivity index (χ0) is 22.9. The predicted molar refractivity (Wildman–Crippen MR) is 124 cm³/mol. The molecule has 168 valence electrons. The molecule has 1 N–H and O–H groups in total. The standard InChI is InChI=1S/C26H36N2O3/c1-20(2)26(19-27,22-11-12-24(30-5)25(18-22)31-6)14-8-15-28(3)16-13-21-9-7-10-23(17-21)29-4/h7,9-12,17-18,20H,8,13-16H2,1-6H3/p+1/t26-/m0/s1. The molecule has 0 spiro atoms. The number of ether oxygens (including phenoxy) is 3. The molecular weight excluding hydrogens is 388 g/mol. The Labute approximate surface area is 187 Å². The van der Waals surface area contributed by atoms with E-state index in [1.165, 1.54) is 10.5 Å². The highest BCUT2D eigenvalue weighted by Gasteiger charge is 2.36. The van der Waals surface area contributed by atoms with Gasteiger partial charge in [0.2, 0.25) is 0 Å². The maximum absolute atomic E-state index is 10.2. The summed E-state index contributed by atoms with van der Waals surface area (Å²) in [6.45, 7) is 6.32. The number of hydrogen-bond acceptors (Lipinski definition) is 4. The maximum Gasteiger partial charge on any atom is 0.161 e. The summed E-state index contributed by atoms with van der Waals surface area (Å²) in [5, 5.41) is 10.2. The van der Waals surface area contributed by atoms with Crippen molar-refractivity contribution in [2.75, 3.05) is 41.5 Å². The highest BCUT2D eigenvalue weighted by atomic mass is 16.5. The third-order valence-electron chi connectivity index (χ3n) is 6.23. The van der Waals surface area contributed by atoms with Crippen molar-refractivity contribution in [2.24, 2.45) is 5.92 Å². The van der Waals surface area contributed by atoms with Gasteiger partial charge in [0.15, 0.2) is 11.5 Å². The molecule has 0 heterocycles. The summed E-state index contributed by atoms with van der Waals surface area (Å²) in [6, 6.07) is 16.8. The molecule has 0 radical (unpaired) electrons. The van der Waals surface area contributed by atoms with Crippen LogP contribution in [0.1, 0.15) is 37.8 Å². The van der Waals surface area contributed by atoms with Crippen molar-refractivity contribution in [3.05, 3.63) is 53.6 Å². The molecule has 0 aliphatic carbocycles. The van der Waals surface area contributed by atoms with Crippen LogP contribution in [0.4, 0.5) is 0 Å². The Morgan fingerprint density at radius 1 is 0.968 bits per heavy atom. The van der Waals surface area contributed by atoms with Gasteiger partial charge < -0.3 is 19.1 Å². The van der Waals surface area contributed by atoms with Crippen LogP contribution in [0.5, 0.6) is 17.2 Å². The predicted octanol–water partition coefficient (Wildman–Crippen LogP) is 3.67. The van der Waals surface area contributed by atoms with Gasteiger partial charge in [-0.25, -0.2) is 0 Å². The Bertz CT molecular complexity index is 875. The van der Waals surface area contributed by atoms with E-state index < -0.39 is 5.41 Å². The number of methoxy groups -OCH3 is 3. The molecule has 0 saturated carbocycles. The van der Waals surface area contributed by atoms with E-state index in [-0.39, 0.29) is 5.92 Å². The van der Waals surface area contributed by atoms with Gasteiger partial charge in [-0.3, -0.25) is 0 Å². The van der Waals surface area contributed by atoms with Gasteiger partial charge in [-0.2, -0.15) is 5.26 Å². The van der Waals surface area contributed by atoms with E-state index in [0.717, 1.165) is 43.7 Å². The molecule has 0 aromatic heterocycles. The van der Waals surface area contributed by atoms with Crippen molar-refractivity contribution in [3.8, 4) is 23.3 Å². The van der Waals surface area contributed by atoms with E-state index in [4.69, 9.17) is 14.2 Å². The van der Waals surface area contributed by atoms with Crippen LogP contribution in [0.2, 0.25) is 0 Å². The smallest absolute Gasteiger partial charge is 0.161 e. The monoisotopic (exact) mass is 425 g/mol. The Morgan fingerprint density at radius 3 is 2.32 bits per heavy atom. The Kier molecular flexibility index (Phi) is 9.21. The average Bonchev–Trinajstić information content (AvgIpc) is 2.80. The summed E-state index contributed by atoms with van der Waals surface area (Å²) in [6.07, 6.45) is 2.80. The van der Waals surface area contributed by atoms with E-state index in [1.807, 2.05) is 30.3 Å². The van der Waals surface area contributed by atoms with E-state index in [1.54, 1.807) is 21.3 Å². The normalized spacial score (nSPS) is 13.9. The van der Waals surface area contributed by atoms with Crippen LogP contribution >= 0.6 is 0 Å². The van der Waals surface area contributed by atoms with Crippen molar-refractivity contribution in [1.29, 1.82) is 5.26 Å². The number of rotatable bonds is 12. The highest BCUT2D eigenvalue weighted by Crippen LogP contribution is 2.40. The molecule has 2 aromatic rings. The van der Waals surface area contributed by atoms with Gasteiger partial charge in [0.05, 0.1) is 53.0 Å². The molecule has 2 aromatic carbocycles. The van der Waals surface area contributed by atoms with E-state index in [9.17, 15) is 5.26 Å². The number of nitrogens with zero attached hydrogens (tertiary/aromatic N) is 1. The molecule has 2 atom stereocenters. The first kappa shape index (κ1) is 24.6. The quantitative estimate of drug-likeness (QED) is 0.564. The van der Waals surface area contributed by atoms with E-state index in [2.05, 4.69) is 39.1 Å². The van der Waals surface area contributed by atoms with Crippen molar-refractivity contribution >= 4 is 0 Å². The fourth-order valence-electron chi connectivity index (χ4n) is 4.11. The van der Waals surface area contributed by atoms with Crippen LogP contribution in [0.3, 0.4) is 0 Å². The summed E-state index contributed by atoms with van der Waals surface area (Å²) in [5.41, 5.74) is 1.74. The third kappa shape index (κ3) is 6.15. The lowest BCUT2D eigenvalue weighted by molar-refractivity contribution is -0.879. The fourth-order valence-corrected chi connectivity index (χ4v) is 4.11. The minimum Gasteiger partial charge on any atom is -0.497 e. The minimum absolute atomic E-state index is 0.188. The second-order valence-corrected chi connectivity index (χ2v) is 8.47. The summed E-state index contributed by atoms with van der Waals surface area (Å²) < 4.78 is 16.2. The largest absolute Gasteiger partial charge is 0.497 e. The maximum atomic E-state index is 10.2. The van der Waals surface area contributed by atoms with Crippen LogP contribution in [-0.4, -0.2) is 41.5 Å². The second-order valence-electron chi connectivity index (χ2n) is 8.47. The van der Waals surface area contributed by atoms with Gasteiger partial charge in [-0.15, -0.1) is 0 Å². The minimum atomic E-state index is -0.549. The second kappa shape index (κ2) is 11.6. The van der Waals surface area contributed by atoms with Crippen LogP contribution < -0.4 is 19.1 Å². The number of likely N-dealkylation sites (N-methyl/N-ethyl adjacent to an activating group) is 1. The van der Waals surface area contributed by atoms with Gasteiger partial charge in [-0.1, -0.05) is 32.0 Å². The van der Waals surface area contributed by atoms with Gasteiger partial charge >= 0.3 is 0 Å². The lowest BCUT2D eigenvalue weighted by atomic mass is 9.69. The van der Waals surface area contributed by atoms with Gasteiger partial charge in [0.25, 0.3) is 0 Å². The lowest BCUT2D eigenvalue weighted by Crippen LogP contribution is -3.09. The molecule has 0 bridgehead atoms. The van der Waals surface area contributed by atoms with Gasteiger partial charge in [0.1, 0.15) is 5.75 Å². The zero-order valence-corrected chi connectivity index (χ0v) is 19.8. The topological polar surface area (TPSA) is 55.9 Å². The SMILES string of the molecule is COc1cccc(CC[NH+](C)CCC[C@@](C#N)(c2ccc(OC)c(OC)c2)C(C)C)c1. The fraction of sp³-hybridized carbons (Fsp3) is 0.500. The highest BCUT2D eigenvalue weighted by molar-refractivity contribution is 5.47. The molecule has 31 heavy (non-hydrogen) atoms. The van der Waals surface area contributed by atoms with Crippen molar-refractivity contribution < 1.29 is 19.1 Å². The number of hydrogen-bond donors (Lipinski definition) is 1. The van der Waals surface area contributed by atoms with Crippen LogP contribution in [-0.2, 0) is 11.8 Å². The molecule has 1 unspecified atom stereocenters. The first-order chi connectivity index (χ1) is 14.9. The molecule has 0 fully saturated rings. The molecule has 0 aliphatic rings. The van der Waals surface area contributed by atoms with Crippen molar-refractivity contribution in [1.82, 2.24) is 0 Å². The number of nitriles is 1. The number of nitrogens with one attached hydrogen (secondary N) is 1. The molecule has 5 heteroatoms. The first-order valence-corrected chi connectivity index (χ1v) is 11.0. The summed E-state index contributed by atoms with van der Waals surface area (Å²) in [7, 11) is 7.18. The van der Waals surface area contributed by atoms with Crippen LogP contribution in [0, 0.1) is 17.2 Å². The Morgan fingerprint density at radius 2 is 1.71 bits per heavy atom. The van der Waals surface area contributed by atoms with E-state index in [0.29, 0.717) is 11.5 Å². The molecule has 0 saturated heterocycles. The Hall–Kier alpha value is -2.71. The number of quaternary nitrogens is 1. The molecule has 0 amide bonds. The van der Waals surface area contributed by atoms with E-state index >= 15 is 0 Å². The van der Waals surface area contributed by atoms with Crippen LogP contribution in [0.25, 0.3) is 0 Å². The average molecular weight is 426 g/mol. The lowest BCUT2D eigenvalue weighted by Gasteiger charge is -2.32. The third-order valence-corrected chi connectivity index (χ3v) is 6.23. The Balaban J connectivity index is 2.02. The summed E-state index contributed by atoms with van der Waals surface area (Å²) in [4.78, 5) is 1.46.